The lowest BCUT2D eigenvalue weighted by Crippen LogP contribution is -2.51. The van der Waals surface area contributed by atoms with Gasteiger partial charge in [0, 0.05) is 12.6 Å². The van der Waals surface area contributed by atoms with E-state index in [2.05, 4.69) is 17.2 Å². The first-order valence-corrected chi connectivity index (χ1v) is 6.02. The molecule has 2 fully saturated rings. The molecule has 1 amide bonds. The fraction of sp³-hybridized carbons (Fsp3) is 0.909. The molecule has 4 nitrogen and oxygen atoms in total. The molecule has 0 radical (unpaired) electrons. The Hall–Kier alpha value is -0.610. The van der Waals surface area contributed by atoms with Gasteiger partial charge >= 0.3 is 0 Å². The Kier molecular flexibility index (Phi) is 3.26. The summed E-state index contributed by atoms with van der Waals surface area (Å²) in [6.07, 6.45) is 5.86. The topological polar surface area (TPSA) is 58.4 Å². The molecule has 0 aromatic rings. The van der Waals surface area contributed by atoms with Crippen molar-refractivity contribution in [1.82, 2.24) is 10.3 Å². The van der Waals surface area contributed by atoms with E-state index in [0.717, 1.165) is 25.3 Å². The standard InChI is InChI=1S/C11H21N3O/c1-2-3-10(11(15)13-12)14-7-8-4-5-9(14)6-8/h8-10H,2-7,12H2,1H3,(H,13,15). The van der Waals surface area contributed by atoms with Gasteiger partial charge in [-0.3, -0.25) is 15.1 Å². The van der Waals surface area contributed by atoms with Crippen molar-refractivity contribution in [3.63, 3.8) is 0 Å². The molecule has 3 atom stereocenters. The van der Waals surface area contributed by atoms with Gasteiger partial charge in [-0.15, -0.1) is 0 Å². The number of nitrogens with one attached hydrogen (secondary N) is 1. The summed E-state index contributed by atoms with van der Waals surface area (Å²) in [6.45, 7) is 3.22. The highest BCUT2D eigenvalue weighted by atomic mass is 16.2. The first kappa shape index (κ1) is 10.9. The molecule has 1 aliphatic heterocycles. The number of rotatable bonds is 4. The van der Waals surface area contributed by atoms with Crippen molar-refractivity contribution in [2.75, 3.05) is 6.54 Å². The highest BCUT2D eigenvalue weighted by Crippen LogP contribution is 2.39. The van der Waals surface area contributed by atoms with Gasteiger partial charge in [-0.25, -0.2) is 5.84 Å². The van der Waals surface area contributed by atoms with Gasteiger partial charge < -0.3 is 0 Å². The average Bonchev–Trinajstić information content (AvgIpc) is 2.86. The molecule has 1 aliphatic carbocycles. The number of hydrogen-bond donors (Lipinski definition) is 2. The van der Waals surface area contributed by atoms with Crippen molar-refractivity contribution in [2.45, 2.75) is 51.1 Å². The average molecular weight is 211 g/mol. The Morgan fingerprint density at radius 1 is 1.60 bits per heavy atom. The summed E-state index contributed by atoms with van der Waals surface area (Å²) in [6, 6.07) is 0.652. The molecule has 1 saturated heterocycles. The monoisotopic (exact) mass is 211 g/mol. The number of carbonyl (C=O) groups excluding carboxylic acids is 1. The number of fused-ring (bicyclic) bond motifs is 2. The number of hydrogen-bond acceptors (Lipinski definition) is 3. The summed E-state index contributed by atoms with van der Waals surface area (Å²) >= 11 is 0. The molecule has 3 N–H and O–H groups in total. The molecule has 1 saturated carbocycles. The summed E-state index contributed by atoms with van der Waals surface area (Å²) in [7, 11) is 0. The Balaban J connectivity index is 2.01. The molecule has 4 heteroatoms. The third kappa shape index (κ3) is 2.01. The second kappa shape index (κ2) is 4.49. The molecule has 2 aliphatic rings. The van der Waals surface area contributed by atoms with E-state index in [-0.39, 0.29) is 11.9 Å². The molecular formula is C11H21N3O. The zero-order chi connectivity index (χ0) is 10.8. The van der Waals surface area contributed by atoms with Gasteiger partial charge in [0.05, 0.1) is 6.04 Å². The maximum Gasteiger partial charge on any atom is 0.251 e. The third-order valence-corrected chi connectivity index (χ3v) is 3.86. The molecule has 86 valence electrons. The second-order valence-electron chi connectivity index (χ2n) is 4.84. The van der Waals surface area contributed by atoms with E-state index in [1.807, 2.05) is 0 Å². The summed E-state index contributed by atoms with van der Waals surface area (Å²) < 4.78 is 0. The van der Waals surface area contributed by atoms with E-state index in [0.29, 0.717) is 6.04 Å². The van der Waals surface area contributed by atoms with E-state index >= 15 is 0 Å². The number of carbonyl (C=O) groups is 1. The summed E-state index contributed by atoms with van der Waals surface area (Å²) in [5.74, 6) is 6.07. The fourth-order valence-electron chi connectivity index (χ4n) is 3.16. The van der Waals surface area contributed by atoms with Crippen molar-refractivity contribution < 1.29 is 4.79 Å². The van der Waals surface area contributed by atoms with Crippen molar-refractivity contribution in [3.8, 4) is 0 Å². The number of piperidine rings is 1. The summed E-state index contributed by atoms with van der Waals surface area (Å²) in [4.78, 5) is 14.1. The number of amides is 1. The normalized spacial score (nSPS) is 31.9. The van der Waals surface area contributed by atoms with Crippen molar-refractivity contribution >= 4 is 5.91 Å². The fourth-order valence-corrected chi connectivity index (χ4v) is 3.16. The smallest absolute Gasteiger partial charge is 0.251 e. The predicted molar refractivity (Wildman–Crippen MR) is 58.9 cm³/mol. The maximum absolute atomic E-state index is 11.7. The Labute approximate surface area is 91.2 Å². The van der Waals surface area contributed by atoms with E-state index < -0.39 is 0 Å². The minimum absolute atomic E-state index is 0.00954. The number of nitrogens with two attached hydrogens (primary N) is 1. The van der Waals surface area contributed by atoms with Crippen molar-refractivity contribution in [1.29, 1.82) is 0 Å². The Morgan fingerprint density at radius 3 is 2.87 bits per heavy atom. The largest absolute Gasteiger partial charge is 0.293 e. The van der Waals surface area contributed by atoms with Crippen LogP contribution >= 0.6 is 0 Å². The van der Waals surface area contributed by atoms with Crippen LogP contribution in [0, 0.1) is 5.92 Å². The number of likely N-dealkylation sites (tertiary alicyclic amines) is 1. The van der Waals surface area contributed by atoms with Crippen LogP contribution in [0.25, 0.3) is 0 Å². The van der Waals surface area contributed by atoms with E-state index in [4.69, 9.17) is 5.84 Å². The zero-order valence-corrected chi connectivity index (χ0v) is 9.41. The lowest BCUT2D eigenvalue weighted by molar-refractivity contribution is -0.127. The number of hydrazine groups is 1. The van der Waals surface area contributed by atoms with E-state index in [1.54, 1.807) is 0 Å². The summed E-state index contributed by atoms with van der Waals surface area (Å²) in [5, 5.41) is 0. The molecule has 0 aromatic carbocycles. The van der Waals surface area contributed by atoms with Crippen LogP contribution in [0.15, 0.2) is 0 Å². The van der Waals surface area contributed by atoms with Crippen LogP contribution in [0.4, 0.5) is 0 Å². The van der Waals surface area contributed by atoms with Gasteiger partial charge in [0.15, 0.2) is 0 Å². The quantitative estimate of drug-likeness (QED) is 0.407. The van der Waals surface area contributed by atoms with Crippen LogP contribution in [0.2, 0.25) is 0 Å². The van der Waals surface area contributed by atoms with Crippen molar-refractivity contribution in [3.05, 3.63) is 0 Å². The molecule has 0 aromatic heterocycles. The minimum atomic E-state index is -0.00981. The van der Waals surface area contributed by atoms with Crippen LogP contribution in [0.1, 0.15) is 39.0 Å². The highest BCUT2D eigenvalue weighted by molar-refractivity contribution is 5.81. The van der Waals surface area contributed by atoms with Crippen LogP contribution in [-0.4, -0.2) is 29.4 Å². The Morgan fingerprint density at radius 2 is 2.40 bits per heavy atom. The maximum atomic E-state index is 11.7. The van der Waals surface area contributed by atoms with E-state index in [9.17, 15) is 4.79 Å². The van der Waals surface area contributed by atoms with E-state index in [1.165, 1.54) is 19.3 Å². The molecule has 0 spiro atoms. The lowest BCUT2D eigenvalue weighted by Gasteiger charge is -2.33. The first-order valence-electron chi connectivity index (χ1n) is 6.02. The SMILES string of the molecule is CCCC(C(=O)NN)N1CC2CCC1C2. The van der Waals surface area contributed by atoms with Gasteiger partial charge in [0.25, 0.3) is 5.91 Å². The zero-order valence-electron chi connectivity index (χ0n) is 9.41. The van der Waals surface area contributed by atoms with Crippen LogP contribution in [0.5, 0.6) is 0 Å². The molecular weight excluding hydrogens is 190 g/mol. The molecule has 2 bridgehead atoms. The third-order valence-electron chi connectivity index (χ3n) is 3.86. The van der Waals surface area contributed by atoms with Crippen LogP contribution in [-0.2, 0) is 4.79 Å². The van der Waals surface area contributed by atoms with Gasteiger partial charge in [0.1, 0.15) is 0 Å². The summed E-state index contributed by atoms with van der Waals surface area (Å²) in [5.41, 5.74) is 2.31. The molecule has 2 rings (SSSR count). The minimum Gasteiger partial charge on any atom is -0.293 e. The van der Waals surface area contributed by atoms with Gasteiger partial charge in [-0.1, -0.05) is 13.3 Å². The molecule has 3 unspecified atom stereocenters. The van der Waals surface area contributed by atoms with Crippen molar-refractivity contribution in [2.24, 2.45) is 11.8 Å². The molecule has 1 heterocycles. The first-order chi connectivity index (χ1) is 7.26. The van der Waals surface area contributed by atoms with Crippen LogP contribution < -0.4 is 11.3 Å². The molecule has 15 heavy (non-hydrogen) atoms. The van der Waals surface area contributed by atoms with Gasteiger partial charge in [-0.2, -0.15) is 0 Å². The highest BCUT2D eigenvalue weighted by Gasteiger charge is 2.42. The number of nitrogens with zero attached hydrogens (tertiary/aromatic N) is 1. The predicted octanol–water partition coefficient (Wildman–Crippen LogP) is 0.629. The lowest BCUT2D eigenvalue weighted by atomic mass is 10.0. The van der Waals surface area contributed by atoms with Gasteiger partial charge in [0.2, 0.25) is 0 Å². The Bertz CT molecular complexity index is 244. The second-order valence-corrected chi connectivity index (χ2v) is 4.84. The van der Waals surface area contributed by atoms with Gasteiger partial charge in [-0.05, 0) is 31.6 Å². The van der Waals surface area contributed by atoms with Crippen LogP contribution in [0.3, 0.4) is 0 Å².